The molecule has 0 unspecified atom stereocenters. The fourth-order valence-corrected chi connectivity index (χ4v) is 1.69. The van der Waals surface area contributed by atoms with E-state index in [1.54, 1.807) is 12.4 Å². The molecule has 0 aliphatic heterocycles. The molecule has 1 aromatic heterocycles. The number of aromatic nitrogens is 2. The maximum atomic E-state index is 11.0. The van der Waals surface area contributed by atoms with E-state index in [1.807, 2.05) is 4.57 Å². The van der Waals surface area contributed by atoms with E-state index in [-0.39, 0.29) is 5.75 Å². The van der Waals surface area contributed by atoms with Gasteiger partial charge in [0.1, 0.15) is 9.84 Å². The summed E-state index contributed by atoms with van der Waals surface area (Å²) in [4.78, 5) is 4.11. The van der Waals surface area contributed by atoms with Crippen LogP contribution >= 0.6 is 0 Å². The molecule has 0 spiro atoms. The lowest BCUT2D eigenvalue weighted by Gasteiger charge is -2.07. The smallest absolute Gasteiger partial charge is 0.202 e. The Kier molecular flexibility index (Phi) is 4.14. The van der Waals surface area contributed by atoms with Gasteiger partial charge in [0.15, 0.2) is 0 Å². The summed E-state index contributed by atoms with van der Waals surface area (Å²) in [7, 11) is -2.91. The van der Waals surface area contributed by atoms with Crippen molar-refractivity contribution in [2.45, 2.75) is 19.9 Å². The second kappa shape index (κ2) is 5.16. The number of rotatable bonds is 6. The second-order valence-electron chi connectivity index (χ2n) is 3.50. The SMILES string of the molecule is CCCNc1nccn1CCS(C)(=O)=O. The van der Waals surface area contributed by atoms with Crippen molar-refractivity contribution in [3.8, 4) is 0 Å². The fourth-order valence-electron chi connectivity index (χ4n) is 1.16. The minimum Gasteiger partial charge on any atom is -0.356 e. The molecular weight excluding hydrogens is 214 g/mol. The van der Waals surface area contributed by atoms with Crippen molar-refractivity contribution >= 4 is 15.8 Å². The first-order chi connectivity index (χ1) is 7.03. The van der Waals surface area contributed by atoms with Gasteiger partial charge in [-0.3, -0.25) is 0 Å². The first-order valence-electron chi connectivity index (χ1n) is 4.95. The molecule has 6 heteroatoms. The van der Waals surface area contributed by atoms with Gasteiger partial charge in [-0.05, 0) is 6.42 Å². The Bertz CT molecular complexity index is 397. The summed E-state index contributed by atoms with van der Waals surface area (Å²) in [5.74, 6) is 0.880. The first-order valence-corrected chi connectivity index (χ1v) is 7.01. The van der Waals surface area contributed by atoms with Gasteiger partial charge in [-0.2, -0.15) is 0 Å². The van der Waals surface area contributed by atoms with Crippen molar-refractivity contribution in [3.05, 3.63) is 12.4 Å². The summed E-state index contributed by atoms with van der Waals surface area (Å²) in [5.41, 5.74) is 0. The molecule has 1 rings (SSSR count). The normalized spacial score (nSPS) is 11.6. The van der Waals surface area contributed by atoms with Crippen LogP contribution in [0.4, 0.5) is 5.95 Å². The molecular formula is C9H17N3O2S. The van der Waals surface area contributed by atoms with Crippen molar-refractivity contribution in [2.24, 2.45) is 0 Å². The van der Waals surface area contributed by atoms with Gasteiger partial charge in [0, 0.05) is 31.7 Å². The van der Waals surface area contributed by atoms with Gasteiger partial charge in [0.2, 0.25) is 5.95 Å². The summed E-state index contributed by atoms with van der Waals surface area (Å²) in [5, 5.41) is 3.14. The number of imidazole rings is 1. The molecule has 0 radical (unpaired) electrons. The van der Waals surface area contributed by atoms with Gasteiger partial charge in [-0.1, -0.05) is 6.92 Å². The van der Waals surface area contributed by atoms with Crippen LogP contribution in [-0.2, 0) is 16.4 Å². The number of aryl methyl sites for hydroxylation is 1. The van der Waals surface area contributed by atoms with Crippen LogP contribution in [0, 0.1) is 0 Å². The third-order valence-electron chi connectivity index (χ3n) is 1.95. The van der Waals surface area contributed by atoms with Gasteiger partial charge < -0.3 is 9.88 Å². The van der Waals surface area contributed by atoms with Crippen molar-refractivity contribution in [1.82, 2.24) is 9.55 Å². The zero-order valence-corrected chi connectivity index (χ0v) is 9.92. The summed E-state index contributed by atoms with van der Waals surface area (Å²) in [6.45, 7) is 3.36. The third-order valence-corrected chi connectivity index (χ3v) is 2.88. The first kappa shape index (κ1) is 12.0. The highest BCUT2D eigenvalue weighted by molar-refractivity contribution is 7.90. The van der Waals surface area contributed by atoms with Crippen LogP contribution in [0.5, 0.6) is 0 Å². The van der Waals surface area contributed by atoms with Crippen LogP contribution in [0.1, 0.15) is 13.3 Å². The molecule has 0 atom stereocenters. The predicted molar refractivity (Wildman–Crippen MR) is 60.7 cm³/mol. The van der Waals surface area contributed by atoms with E-state index in [1.165, 1.54) is 6.26 Å². The highest BCUT2D eigenvalue weighted by atomic mass is 32.2. The Hall–Kier alpha value is -1.04. The molecule has 0 saturated heterocycles. The lowest BCUT2D eigenvalue weighted by atomic mass is 10.5. The highest BCUT2D eigenvalue weighted by Gasteiger charge is 2.05. The number of hydrogen-bond donors (Lipinski definition) is 1. The highest BCUT2D eigenvalue weighted by Crippen LogP contribution is 2.04. The maximum Gasteiger partial charge on any atom is 0.202 e. The zero-order chi connectivity index (χ0) is 11.3. The van der Waals surface area contributed by atoms with Gasteiger partial charge in [0.05, 0.1) is 5.75 Å². The molecule has 0 fully saturated rings. The Labute approximate surface area is 90.4 Å². The van der Waals surface area contributed by atoms with Crippen molar-refractivity contribution in [2.75, 3.05) is 23.9 Å². The maximum absolute atomic E-state index is 11.0. The molecule has 0 saturated carbocycles. The van der Waals surface area contributed by atoms with Crippen LogP contribution < -0.4 is 5.32 Å². The standard InChI is InChI=1S/C9H17N3O2S/c1-3-4-10-9-11-5-6-12(9)7-8-15(2,13)14/h5-6H,3-4,7-8H2,1-2H3,(H,10,11). The second-order valence-corrected chi connectivity index (χ2v) is 5.76. The topological polar surface area (TPSA) is 64.0 Å². The van der Waals surface area contributed by atoms with E-state index in [9.17, 15) is 8.42 Å². The molecule has 1 heterocycles. The number of nitrogens with zero attached hydrogens (tertiary/aromatic N) is 2. The quantitative estimate of drug-likeness (QED) is 0.784. The Morgan fingerprint density at radius 2 is 2.27 bits per heavy atom. The molecule has 0 aliphatic carbocycles. The monoisotopic (exact) mass is 231 g/mol. The van der Waals surface area contributed by atoms with Gasteiger partial charge >= 0.3 is 0 Å². The molecule has 15 heavy (non-hydrogen) atoms. The average Bonchev–Trinajstić information content (AvgIpc) is 2.57. The van der Waals surface area contributed by atoms with Crippen molar-refractivity contribution in [3.63, 3.8) is 0 Å². The molecule has 0 bridgehead atoms. The van der Waals surface area contributed by atoms with E-state index in [0.29, 0.717) is 6.54 Å². The lowest BCUT2D eigenvalue weighted by molar-refractivity contribution is 0.595. The van der Waals surface area contributed by atoms with Gasteiger partial charge in [0.25, 0.3) is 0 Å². The van der Waals surface area contributed by atoms with Crippen LogP contribution in [0.25, 0.3) is 0 Å². The van der Waals surface area contributed by atoms with E-state index in [2.05, 4.69) is 17.2 Å². The minimum absolute atomic E-state index is 0.143. The van der Waals surface area contributed by atoms with Crippen molar-refractivity contribution < 1.29 is 8.42 Å². The fraction of sp³-hybridized carbons (Fsp3) is 0.667. The Morgan fingerprint density at radius 1 is 1.53 bits per heavy atom. The molecule has 1 aromatic rings. The van der Waals surface area contributed by atoms with Crippen LogP contribution in [0.3, 0.4) is 0 Å². The minimum atomic E-state index is -2.91. The molecule has 5 nitrogen and oxygen atoms in total. The molecule has 0 amide bonds. The Morgan fingerprint density at radius 3 is 2.87 bits per heavy atom. The summed E-state index contributed by atoms with van der Waals surface area (Å²) in [6.07, 6.45) is 5.70. The summed E-state index contributed by atoms with van der Waals surface area (Å²) in [6, 6.07) is 0. The van der Waals surface area contributed by atoms with E-state index < -0.39 is 9.84 Å². The van der Waals surface area contributed by atoms with Gasteiger partial charge in [-0.15, -0.1) is 0 Å². The van der Waals surface area contributed by atoms with E-state index in [4.69, 9.17) is 0 Å². The number of nitrogens with one attached hydrogen (secondary N) is 1. The third kappa shape index (κ3) is 4.33. The number of hydrogen-bond acceptors (Lipinski definition) is 4. The van der Waals surface area contributed by atoms with Crippen LogP contribution in [0.2, 0.25) is 0 Å². The molecule has 0 aromatic carbocycles. The Balaban J connectivity index is 2.57. The molecule has 1 N–H and O–H groups in total. The predicted octanol–water partition coefficient (Wildman–Crippen LogP) is 0.750. The lowest BCUT2D eigenvalue weighted by Crippen LogP contribution is -2.14. The average molecular weight is 231 g/mol. The van der Waals surface area contributed by atoms with Crippen LogP contribution in [-0.4, -0.2) is 36.5 Å². The van der Waals surface area contributed by atoms with Gasteiger partial charge in [-0.25, -0.2) is 13.4 Å². The number of anilines is 1. The van der Waals surface area contributed by atoms with Crippen LogP contribution in [0.15, 0.2) is 12.4 Å². The summed E-state index contributed by atoms with van der Waals surface area (Å²) < 4.78 is 23.8. The largest absolute Gasteiger partial charge is 0.356 e. The molecule has 0 aliphatic rings. The summed E-state index contributed by atoms with van der Waals surface area (Å²) >= 11 is 0. The van der Waals surface area contributed by atoms with E-state index >= 15 is 0 Å². The number of sulfone groups is 1. The molecule has 86 valence electrons. The van der Waals surface area contributed by atoms with Crippen molar-refractivity contribution in [1.29, 1.82) is 0 Å². The zero-order valence-electron chi connectivity index (χ0n) is 9.10. The van der Waals surface area contributed by atoms with E-state index in [0.717, 1.165) is 18.9 Å².